The number of nitrogens with zero attached hydrogens (tertiary/aromatic N) is 1. The highest BCUT2D eigenvalue weighted by molar-refractivity contribution is 8.04. The van der Waals surface area contributed by atoms with Crippen molar-refractivity contribution >= 4 is 21.0 Å². The quantitative estimate of drug-likeness (QED) is 0.569. The van der Waals surface area contributed by atoms with Crippen molar-refractivity contribution in [2.45, 2.75) is 5.25 Å². The van der Waals surface area contributed by atoms with Gasteiger partial charge in [0.25, 0.3) is 0 Å². The van der Waals surface area contributed by atoms with E-state index in [-0.39, 0.29) is 5.48 Å². The van der Waals surface area contributed by atoms with Crippen molar-refractivity contribution in [1.29, 1.82) is 5.26 Å². The number of hydrogen-bond donors (Lipinski definition) is 0. The molecule has 70 valence electrons. The van der Waals surface area contributed by atoms with E-state index in [1.165, 1.54) is 17.3 Å². The second-order valence-corrected chi connectivity index (χ2v) is 3.80. The standard InChI is InChI=1S/C9H10NPS.H2O/c10-7-12-9(6-11)8-4-2-1-3-5-8;/h1-5,9H,6,11H2;1H2. The molecule has 1 aromatic carbocycles. The minimum atomic E-state index is 0. The molecule has 0 aromatic heterocycles. The van der Waals surface area contributed by atoms with Crippen LogP contribution in [-0.4, -0.2) is 11.6 Å². The molecule has 2 unspecified atom stereocenters. The van der Waals surface area contributed by atoms with Gasteiger partial charge in [0.2, 0.25) is 0 Å². The van der Waals surface area contributed by atoms with E-state index in [0.717, 1.165) is 6.16 Å². The maximum absolute atomic E-state index is 8.53. The third-order valence-corrected chi connectivity index (χ3v) is 3.25. The molecule has 0 saturated heterocycles. The molecule has 2 atom stereocenters. The Morgan fingerprint density at radius 2 is 2.00 bits per heavy atom. The van der Waals surface area contributed by atoms with Crippen LogP contribution < -0.4 is 0 Å². The lowest BCUT2D eigenvalue weighted by Gasteiger charge is -2.08. The van der Waals surface area contributed by atoms with Crippen molar-refractivity contribution in [3.8, 4) is 5.40 Å². The number of thioether (sulfide) groups is 1. The topological polar surface area (TPSA) is 55.3 Å². The smallest absolute Gasteiger partial charge is 0.133 e. The molecule has 0 aliphatic carbocycles. The summed E-state index contributed by atoms with van der Waals surface area (Å²) in [5, 5.41) is 10.9. The Kier molecular flexibility index (Phi) is 6.62. The van der Waals surface area contributed by atoms with Gasteiger partial charge in [-0.15, -0.1) is 9.24 Å². The van der Waals surface area contributed by atoms with E-state index in [9.17, 15) is 0 Å². The van der Waals surface area contributed by atoms with Crippen LogP contribution in [-0.2, 0) is 0 Å². The van der Waals surface area contributed by atoms with Crippen molar-refractivity contribution in [3.63, 3.8) is 0 Å². The monoisotopic (exact) mass is 213 g/mol. The summed E-state index contributed by atoms with van der Waals surface area (Å²) in [6, 6.07) is 10.1. The lowest BCUT2D eigenvalue weighted by molar-refractivity contribution is 0.824. The highest BCUT2D eigenvalue weighted by Gasteiger charge is 2.07. The van der Waals surface area contributed by atoms with Crippen molar-refractivity contribution in [2.75, 3.05) is 6.16 Å². The predicted octanol–water partition coefficient (Wildman–Crippen LogP) is 1.99. The molecular formula is C9H12NOPS. The van der Waals surface area contributed by atoms with Crippen molar-refractivity contribution in [3.05, 3.63) is 35.9 Å². The Morgan fingerprint density at radius 3 is 2.46 bits per heavy atom. The van der Waals surface area contributed by atoms with Crippen LogP contribution in [0.5, 0.6) is 0 Å². The predicted molar refractivity (Wildman–Crippen MR) is 60.6 cm³/mol. The van der Waals surface area contributed by atoms with E-state index < -0.39 is 0 Å². The van der Waals surface area contributed by atoms with Gasteiger partial charge in [0, 0.05) is 5.25 Å². The van der Waals surface area contributed by atoms with Crippen LogP contribution in [0.4, 0.5) is 0 Å². The molecule has 0 heterocycles. The highest BCUT2D eigenvalue weighted by atomic mass is 32.2. The Hall–Kier alpha value is -0.550. The van der Waals surface area contributed by atoms with Crippen LogP contribution >= 0.6 is 21.0 Å². The lowest BCUT2D eigenvalue weighted by atomic mass is 10.2. The summed E-state index contributed by atoms with van der Waals surface area (Å²) < 4.78 is 0. The molecule has 0 radical (unpaired) electrons. The highest BCUT2D eigenvalue weighted by Crippen LogP contribution is 2.29. The third kappa shape index (κ3) is 3.78. The van der Waals surface area contributed by atoms with Gasteiger partial charge >= 0.3 is 0 Å². The molecule has 0 amide bonds. The first kappa shape index (κ1) is 12.4. The second-order valence-electron chi connectivity index (χ2n) is 2.34. The second kappa shape index (κ2) is 6.91. The summed E-state index contributed by atoms with van der Waals surface area (Å²) in [7, 11) is 2.67. The average Bonchev–Trinajstić information content (AvgIpc) is 2.15. The van der Waals surface area contributed by atoms with Crippen LogP contribution in [0.2, 0.25) is 0 Å². The summed E-state index contributed by atoms with van der Waals surface area (Å²) in [5.74, 6) is 0. The lowest BCUT2D eigenvalue weighted by Crippen LogP contribution is -1.92. The van der Waals surface area contributed by atoms with Gasteiger partial charge in [0.05, 0.1) is 0 Å². The number of rotatable bonds is 3. The van der Waals surface area contributed by atoms with Crippen LogP contribution in [0.1, 0.15) is 10.8 Å². The number of benzene rings is 1. The average molecular weight is 213 g/mol. The number of nitriles is 1. The van der Waals surface area contributed by atoms with Crippen molar-refractivity contribution in [2.24, 2.45) is 0 Å². The summed E-state index contributed by atoms with van der Waals surface area (Å²) in [6.45, 7) is 0. The van der Waals surface area contributed by atoms with E-state index in [1.807, 2.05) is 18.2 Å². The molecule has 0 fully saturated rings. The van der Waals surface area contributed by atoms with E-state index in [1.54, 1.807) is 0 Å². The summed E-state index contributed by atoms with van der Waals surface area (Å²) in [6.07, 6.45) is 0.919. The van der Waals surface area contributed by atoms with Crippen LogP contribution in [0, 0.1) is 10.7 Å². The Morgan fingerprint density at radius 1 is 1.38 bits per heavy atom. The largest absolute Gasteiger partial charge is 0.412 e. The Bertz CT molecular complexity index is 273. The first-order valence-corrected chi connectivity index (χ1v) is 5.38. The van der Waals surface area contributed by atoms with Gasteiger partial charge in [0.15, 0.2) is 0 Å². The fourth-order valence-corrected chi connectivity index (χ4v) is 2.06. The molecule has 0 aliphatic rings. The van der Waals surface area contributed by atoms with Crippen LogP contribution in [0.25, 0.3) is 0 Å². The fourth-order valence-electron chi connectivity index (χ4n) is 0.984. The normalized spacial score (nSPS) is 11.1. The van der Waals surface area contributed by atoms with Gasteiger partial charge in [0.1, 0.15) is 5.40 Å². The summed E-state index contributed by atoms with van der Waals surface area (Å²) in [5.41, 5.74) is 1.22. The number of thiocyanates is 1. The molecule has 1 rings (SSSR count). The SMILES string of the molecule is N#CSC(CP)c1ccccc1.O. The van der Waals surface area contributed by atoms with Crippen LogP contribution in [0.15, 0.2) is 30.3 Å². The minimum Gasteiger partial charge on any atom is -0.412 e. The van der Waals surface area contributed by atoms with E-state index >= 15 is 0 Å². The molecule has 0 saturated carbocycles. The zero-order valence-corrected chi connectivity index (χ0v) is 9.08. The molecule has 4 heteroatoms. The van der Waals surface area contributed by atoms with Gasteiger partial charge < -0.3 is 5.48 Å². The molecular weight excluding hydrogens is 201 g/mol. The Balaban J connectivity index is 0.00000144. The Labute approximate surface area is 84.9 Å². The molecule has 2 N–H and O–H groups in total. The summed E-state index contributed by atoms with van der Waals surface area (Å²) >= 11 is 1.31. The van der Waals surface area contributed by atoms with E-state index in [0.29, 0.717) is 5.25 Å². The zero-order valence-electron chi connectivity index (χ0n) is 7.10. The van der Waals surface area contributed by atoms with Crippen LogP contribution in [0.3, 0.4) is 0 Å². The first-order valence-electron chi connectivity index (χ1n) is 3.68. The third-order valence-electron chi connectivity index (χ3n) is 1.58. The molecule has 0 aliphatic heterocycles. The maximum Gasteiger partial charge on any atom is 0.133 e. The first-order chi connectivity index (χ1) is 5.88. The molecule has 1 aromatic rings. The van der Waals surface area contributed by atoms with Gasteiger partial charge in [-0.2, -0.15) is 5.26 Å². The van der Waals surface area contributed by atoms with Crippen molar-refractivity contribution < 1.29 is 5.48 Å². The van der Waals surface area contributed by atoms with E-state index in [4.69, 9.17) is 5.26 Å². The zero-order chi connectivity index (χ0) is 8.81. The van der Waals surface area contributed by atoms with Crippen molar-refractivity contribution in [1.82, 2.24) is 0 Å². The summed E-state index contributed by atoms with van der Waals surface area (Å²) in [4.78, 5) is 0. The fraction of sp³-hybridized carbons (Fsp3) is 0.222. The molecule has 2 nitrogen and oxygen atoms in total. The molecule has 0 spiro atoms. The molecule has 0 bridgehead atoms. The maximum atomic E-state index is 8.53. The number of hydrogen-bond acceptors (Lipinski definition) is 2. The van der Waals surface area contributed by atoms with Gasteiger partial charge in [-0.25, -0.2) is 0 Å². The van der Waals surface area contributed by atoms with Gasteiger partial charge in [-0.05, 0) is 23.5 Å². The molecule has 13 heavy (non-hydrogen) atoms. The van der Waals surface area contributed by atoms with Gasteiger partial charge in [-0.1, -0.05) is 30.3 Å². The minimum absolute atomic E-state index is 0. The van der Waals surface area contributed by atoms with Gasteiger partial charge in [-0.3, -0.25) is 0 Å². The van der Waals surface area contributed by atoms with E-state index in [2.05, 4.69) is 26.8 Å².